The minimum atomic E-state index is 0.266. The number of nitrogens with one attached hydrogen (secondary N) is 1. The van der Waals surface area contributed by atoms with Crippen molar-refractivity contribution in [2.24, 2.45) is 0 Å². The molecule has 0 radical (unpaired) electrons. The quantitative estimate of drug-likeness (QED) is 0.866. The van der Waals surface area contributed by atoms with E-state index in [0.29, 0.717) is 11.4 Å². The standard InChI is InChI=1S/C14H19N3OS/c1-9(2)17-12(15-16-14(17)19)8-18-13-10(3)6-5-7-11(13)4/h5-7,9H,8H2,1-4H3,(H,16,19). The molecule has 2 rings (SSSR count). The molecule has 0 unspecified atom stereocenters. The molecular formula is C14H19N3OS. The van der Waals surface area contributed by atoms with Gasteiger partial charge in [0.25, 0.3) is 0 Å². The van der Waals surface area contributed by atoms with Crippen LogP contribution in [0.3, 0.4) is 0 Å². The molecule has 0 aliphatic carbocycles. The Morgan fingerprint density at radius 3 is 2.53 bits per heavy atom. The second kappa shape index (κ2) is 5.57. The fourth-order valence-corrected chi connectivity index (χ4v) is 2.50. The normalized spacial score (nSPS) is 11.0. The summed E-state index contributed by atoms with van der Waals surface area (Å²) in [5, 5.41) is 7.05. The number of aryl methyl sites for hydroxylation is 2. The van der Waals surface area contributed by atoms with Crippen LogP contribution in [0.15, 0.2) is 18.2 Å². The molecular weight excluding hydrogens is 258 g/mol. The Morgan fingerprint density at radius 1 is 1.32 bits per heavy atom. The van der Waals surface area contributed by atoms with Crippen molar-refractivity contribution in [2.45, 2.75) is 40.3 Å². The first kappa shape index (κ1) is 13.8. The number of nitrogens with zero attached hydrogens (tertiary/aromatic N) is 2. The monoisotopic (exact) mass is 277 g/mol. The van der Waals surface area contributed by atoms with Gasteiger partial charge in [-0.05, 0) is 51.0 Å². The second-order valence-corrected chi connectivity index (χ2v) is 5.31. The van der Waals surface area contributed by atoms with E-state index < -0.39 is 0 Å². The molecule has 1 aromatic carbocycles. The van der Waals surface area contributed by atoms with Crippen LogP contribution in [0.4, 0.5) is 0 Å². The molecule has 0 saturated carbocycles. The molecule has 4 nitrogen and oxygen atoms in total. The van der Waals surface area contributed by atoms with Crippen molar-refractivity contribution in [3.8, 4) is 5.75 Å². The molecule has 0 atom stereocenters. The number of para-hydroxylation sites is 1. The number of ether oxygens (including phenoxy) is 1. The molecule has 0 fully saturated rings. The van der Waals surface area contributed by atoms with Crippen LogP contribution in [0.1, 0.15) is 36.8 Å². The maximum Gasteiger partial charge on any atom is 0.195 e. The Hall–Kier alpha value is -1.62. The van der Waals surface area contributed by atoms with Crippen molar-refractivity contribution in [1.29, 1.82) is 0 Å². The summed E-state index contributed by atoms with van der Waals surface area (Å²) < 4.78 is 8.52. The van der Waals surface area contributed by atoms with Gasteiger partial charge in [-0.3, -0.25) is 9.67 Å². The van der Waals surface area contributed by atoms with E-state index in [1.54, 1.807) is 0 Å². The van der Waals surface area contributed by atoms with Crippen LogP contribution in [-0.2, 0) is 6.61 Å². The summed E-state index contributed by atoms with van der Waals surface area (Å²) in [5.74, 6) is 1.74. The van der Waals surface area contributed by atoms with Crippen LogP contribution in [0, 0.1) is 18.6 Å². The maximum absolute atomic E-state index is 5.91. The maximum atomic E-state index is 5.91. The highest BCUT2D eigenvalue weighted by molar-refractivity contribution is 7.71. The first-order valence-electron chi connectivity index (χ1n) is 6.35. The molecule has 1 heterocycles. The Balaban J connectivity index is 2.22. The molecule has 0 aliphatic heterocycles. The largest absolute Gasteiger partial charge is 0.485 e. The smallest absolute Gasteiger partial charge is 0.195 e. The number of hydrogen-bond acceptors (Lipinski definition) is 3. The fraction of sp³-hybridized carbons (Fsp3) is 0.429. The van der Waals surface area contributed by atoms with Gasteiger partial charge in [0.2, 0.25) is 0 Å². The summed E-state index contributed by atoms with van der Waals surface area (Å²) >= 11 is 5.22. The number of H-pyrrole nitrogens is 1. The highest BCUT2D eigenvalue weighted by atomic mass is 32.1. The van der Waals surface area contributed by atoms with Crippen LogP contribution in [0.2, 0.25) is 0 Å². The molecule has 1 aromatic heterocycles. The SMILES string of the molecule is Cc1cccc(C)c1OCc1n[nH]c(=S)n1C(C)C. The summed E-state index contributed by atoms with van der Waals surface area (Å²) in [5.41, 5.74) is 2.26. The lowest BCUT2D eigenvalue weighted by Crippen LogP contribution is -2.10. The van der Waals surface area contributed by atoms with Gasteiger partial charge in [0.05, 0.1) is 0 Å². The van der Waals surface area contributed by atoms with Crippen LogP contribution >= 0.6 is 12.2 Å². The van der Waals surface area contributed by atoms with Crippen LogP contribution < -0.4 is 4.74 Å². The molecule has 0 bridgehead atoms. The minimum Gasteiger partial charge on any atom is -0.485 e. The van der Waals surface area contributed by atoms with Crippen molar-refractivity contribution in [2.75, 3.05) is 0 Å². The molecule has 2 aromatic rings. The van der Waals surface area contributed by atoms with E-state index in [1.165, 1.54) is 0 Å². The van der Waals surface area contributed by atoms with Gasteiger partial charge >= 0.3 is 0 Å². The molecule has 0 aliphatic rings. The van der Waals surface area contributed by atoms with Gasteiger partial charge in [-0.1, -0.05) is 18.2 Å². The average Bonchev–Trinajstić information content (AvgIpc) is 2.70. The Bertz CT molecular complexity index is 608. The average molecular weight is 277 g/mol. The lowest BCUT2D eigenvalue weighted by Gasteiger charge is -2.14. The highest BCUT2D eigenvalue weighted by Crippen LogP contribution is 2.23. The van der Waals surface area contributed by atoms with Crippen LogP contribution in [0.5, 0.6) is 5.75 Å². The van der Waals surface area contributed by atoms with Gasteiger partial charge in [-0.2, -0.15) is 5.10 Å². The lowest BCUT2D eigenvalue weighted by molar-refractivity contribution is 0.282. The Morgan fingerprint density at radius 2 is 1.95 bits per heavy atom. The zero-order valence-electron chi connectivity index (χ0n) is 11.7. The molecule has 5 heteroatoms. The summed E-state index contributed by atoms with van der Waals surface area (Å²) in [6.07, 6.45) is 0. The Labute approximate surface area is 118 Å². The lowest BCUT2D eigenvalue weighted by atomic mass is 10.1. The summed E-state index contributed by atoms with van der Waals surface area (Å²) in [7, 11) is 0. The topological polar surface area (TPSA) is 42.8 Å². The first-order chi connectivity index (χ1) is 9.00. The Kier molecular flexibility index (Phi) is 4.04. The predicted molar refractivity (Wildman–Crippen MR) is 78.0 cm³/mol. The number of aromatic amines is 1. The van der Waals surface area contributed by atoms with Crippen LogP contribution in [-0.4, -0.2) is 14.8 Å². The third kappa shape index (κ3) is 2.87. The van der Waals surface area contributed by atoms with Gasteiger partial charge in [0.1, 0.15) is 12.4 Å². The van der Waals surface area contributed by atoms with Gasteiger partial charge in [0.15, 0.2) is 10.6 Å². The van der Waals surface area contributed by atoms with Gasteiger partial charge in [-0.15, -0.1) is 0 Å². The van der Waals surface area contributed by atoms with Crippen molar-refractivity contribution >= 4 is 12.2 Å². The van der Waals surface area contributed by atoms with Gasteiger partial charge < -0.3 is 4.74 Å². The molecule has 0 amide bonds. The second-order valence-electron chi connectivity index (χ2n) is 4.92. The van der Waals surface area contributed by atoms with Gasteiger partial charge in [0, 0.05) is 6.04 Å². The molecule has 102 valence electrons. The van der Waals surface area contributed by atoms with E-state index in [9.17, 15) is 0 Å². The van der Waals surface area contributed by atoms with E-state index in [0.717, 1.165) is 22.7 Å². The van der Waals surface area contributed by atoms with Crippen LogP contribution in [0.25, 0.3) is 0 Å². The number of aromatic nitrogens is 3. The minimum absolute atomic E-state index is 0.266. The number of hydrogen-bond donors (Lipinski definition) is 1. The summed E-state index contributed by atoms with van der Waals surface area (Å²) in [6, 6.07) is 6.38. The third-order valence-corrected chi connectivity index (χ3v) is 3.34. The van der Waals surface area contributed by atoms with Crippen molar-refractivity contribution in [1.82, 2.24) is 14.8 Å². The van der Waals surface area contributed by atoms with E-state index in [-0.39, 0.29) is 6.04 Å². The zero-order chi connectivity index (χ0) is 14.0. The third-order valence-electron chi connectivity index (χ3n) is 3.05. The molecule has 19 heavy (non-hydrogen) atoms. The van der Waals surface area contributed by atoms with Crippen molar-refractivity contribution in [3.05, 3.63) is 39.9 Å². The molecule has 0 spiro atoms. The zero-order valence-corrected chi connectivity index (χ0v) is 12.5. The van der Waals surface area contributed by atoms with E-state index >= 15 is 0 Å². The molecule has 0 saturated heterocycles. The summed E-state index contributed by atoms with van der Waals surface area (Å²) in [4.78, 5) is 0. The van der Waals surface area contributed by atoms with Crippen molar-refractivity contribution in [3.63, 3.8) is 0 Å². The van der Waals surface area contributed by atoms with Crippen molar-refractivity contribution < 1.29 is 4.74 Å². The van der Waals surface area contributed by atoms with E-state index in [4.69, 9.17) is 17.0 Å². The van der Waals surface area contributed by atoms with E-state index in [2.05, 4.69) is 24.0 Å². The number of rotatable bonds is 4. The fourth-order valence-electron chi connectivity index (χ4n) is 2.14. The van der Waals surface area contributed by atoms with E-state index in [1.807, 2.05) is 36.6 Å². The summed E-state index contributed by atoms with van der Waals surface area (Å²) in [6.45, 7) is 8.66. The molecule has 1 N–H and O–H groups in total. The predicted octanol–water partition coefficient (Wildman–Crippen LogP) is 3.72. The number of benzene rings is 1. The first-order valence-corrected chi connectivity index (χ1v) is 6.76. The van der Waals surface area contributed by atoms with Gasteiger partial charge in [-0.25, -0.2) is 0 Å². The highest BCUT2D eigenvalue weighted by Gasteiger charge is 2.11.